The summed E-state index contributed by atoms with van der Waals surface area (Å²) in [6.07, 6.45) is 6.98. The molecule has 1 aromatic carbocycles. The van der Waals surface area contributed by atoms with E-state index in [1.165, 1.54) is 6.42 Å². The summed E-state index contributed by atoms with van der Waals surface area (Å²) in [5, 5.41) is 0. The molecule has 0 unspecified atom stereocenters. The molecule has 0 spiro atoms. The van der Waals surface area contributed by atoms with Crippen LogP contribution in [0.5, 0.6) is 11.5 Å². The van der Waals surface area contributed by atoms with E-state index in [0.717, 1.165) is 37.7 Å². The van der Waals surface area contributed by atoms with Crippen LogP contribution in [-0.2, 0) is 15.4 Å². The number of sulfonamides is 1. The molecule has 5 nitrogen and oxygen atoms in total. The molecule has 0 saturated heterocycles. The van der Waals surface area contributed by atoms with Crippen molar-refractivity contribution in [2.24, 2.45) is 0 Å². The summed E-state index contributed by atoms with van der Waals surface area (Å²) >= 11 is 0. The minimum Gasteiger partial charge on any atom is -0.493 e. The number of unbranched alkanes of at least 4 members (excludes halogenated alkanes) is 1. The van der Waals surface area contributed by atoms with Gasteiger partial charge in [-0.2, -0.15) is 0 Å². The molecule has 6 heteroatoms. The Kier molecular flexibility index (Phi) is 7.14. The highest BCUT2D eigenvalue weighted by Gasteiger charge is 2.35. The van der Waals surface area contributed by atoms with E-state index in [2.05, 4.69) is 4.72 Å². The minimum atomic E-state index is -3.22. The second-order valence-corrected chi connectivity index (χ2v) is 8.83. The minimum absolute atomic E-state index is 0.170. The van der Waals surface area contributed by atoms with E-state index in [1.807, 2.05) is 25.1 Å². The summed E-state index contributed by atoms with van der Waals surface area (Å²) < 4.78 is 38.2. The molecular formula is C19H31NO4S. The summed E-state index contributed by atoms with van der Waals surface area (Å²) in [4.78, 5) is 0. The van der Waals surface area contributed by atoms with E-state index >= 15 is 0 Å². The van der Waals surface area contributed by atoms with E-state index in [1.54, 1.807) is 14.2 Å². The number of ether oxygens (including phenoxy) is 2. The molecule has 0 aromatic heterocycles. The average molecular weight is 370 g/mol. The predicted molar refractivity (Wildman–Crippen MR) is 101 cm³/mol. The van der Waals surface area contributed by atoms with Gasteiger partial charge in [-0.25, -0.2) is 13.1 Å². The van der Waals surface area contributed by atoms with Crippen LogP contribution in [-0.4, -0.2) is 34.9 Å². The van der Waals surface area contributed by atoms with E-state index < -0.39 is 10.0 Å². The largest absolute Gasteiger partial charge is 0.493 e. The highest BCUT2D eigenvalue weighted by Crippen LogP contribution is 2.42. The Morgan fingerprint density at radius 2 is 1.76 bits per heavy atom. The van der Waals surface area contributed by atoms with Crippen molar-refractivity contribution in [3.05, 3.63) is 23.8 Å². The fourth-order valence-corrected chi connectivity index (χ4v) is 4.93. The van der Waals surface area contributed by atoms with Gasteiger partial charge in [0.2, 0.25) is 10.0 Å². The predicted octanol–water partition coefficient (Wildman–Crippen LogP) is 3.63. The third-order valence-electron chi connectivity index (χ3n) is 5.20. The molecule has 2 rings (SSSR count). The molecule has 142 valence electrons. The first kappa shape index (κ1) is 20.0. The van der Waals surface area contributed by atoms with E-state index in [4.69, 9.17) is 9.47 Å². The maximum Gasteiger partial charge on any atom is 0.211 e. The number of rotatable bonds is 9. The van der Waals surface area contributed by atoms with Crippen LogP contribution >= 0.6 is 0 Å². The zero-order valence-electron chi connectivity index (χ0n) is 15.6. The lowest BCUT2D eigenvalue weighted by atomic mass is 9.69. The van der Waals surface area contributed by atoms with E-state index in [0.29, 0.717) is 24.5 Å². The van der Waals surface area contributed by atoms with Gasteiger partial charge in [0.15, 0.2) is 11.5 Å². The molecule has 1 aliphatic carbocycles. The Bertz CT molecular complexity index is 651. The average Bonchev–Trinajstić information content (AvgIpc) is 2.65. The third kappa shape index (κ3) is 5.11. The molecule has 0 aliphatic heterocycles. The molecule has 0 heterocycles. The Hall–Kier alpha value is -1.27. The molecule has 1 N–H and O–H groups in total. The van der Waals surface area contributed by atoms with Crippen LogP contribution in [0, 0.1) is 0 Å². The zero-order chi connectivity index (χ0) is 18.3. The van der Waals surface area contributed by atoms with Gasteiger partial charge in [-0.3, -0.25) is 0 Å². The Labute approximate surface area is 152 Å². The number of benzene rings is 1. The molecule has 0 bridgehead atoms. The Morgan fingerprint density at radius 1 is 1.08 bits per heavy atom. The number of methoxy groups -OCH3 is 2. The first-order valence-corrected chi connectivity index (χ1v) is 10.8. The van der Waals surface area contributed by atoms with Crippen molar-refractivity contribution in [2.45, 2.75) is 57.3 Å². The van der Waals surface area contributed by atoms with Gasteiger partial charge in [0.1, 0.15) is 0 Å². The third-order valence-corrected chi connectivity index (χ3v) is 6.61. The van der Waals surface area contributed by atoms with Gasteiger partial charge in [-0.05, 0) is 37.0 Å². The van der Waals surface area contributed by atoms with Gasteiger partial charge < -0.3 is 9.47 Å². The lowest BCUT2D eigenvalue weighted by molar-refractivity contribution is 0.290. The molecule has 0 radical (unpaired) electrons. The standard InChI is InChI=1S/C19H31NO4S/c1-4-5-13-25(21,22)20-15-19(11-7-6-8-12-19)16-9-10-17(23-2)18(14-16)24-3/h9-10,14,20H,4-8,11-13,15H2,1-3H3. The maximum atomic E-state index is 12.3. The summed E-state index contributed by atoms with van der Waals surface area (Å²) in [6.45, 7) is 2.45. The highest BCUT2D eigenvalue weighted by molar-refractivity contribution is 7.89. The second-order valence-electron chi connectivity index (χ2n) is 6.90. The van der Waals surface area contributed by atoms with Crippen LogP contribution in [0.15, 0.2) is 18.2 Å². The van der Waals surface area contributed by atoms with Gasteiger partial charge in [0.25, 0.3) is 0 Å². The monoisotopic (exact) mass is 369 g/mol. The van der Waals surface area contributed by atoms with Crippen LogP contribution in [0.1, 0.15) is 57.4 Å². The summed E-state index contributed by atoms with van der Waals surface area (Å²) in [6, 6.07) is 5.97. The van der Waals surface area contributed by atoms with Gasteiger partial charge >= 0.3 is 0 Å². The summed E-state index contributed by atoms with van der Waals surface area (Å²) in [7, 11) is 0.0247. The van der Waals surface area contributed by atoms with Crippen LogP contribution in [0.3, 0.4) is 0 Å². The SMILES string of the molecule is CCCCS(=O)(=O)NCC1(c2ccc(OC)c(OC)c2)CCCCC1. The quantitative estimate of drug-likeness (QED) is 0.722. The van der Waals surface area contributed by atoms with E-state index in [9.17, 15) is 8.42 Å². The van der Waals surface area contributed by atoms with Crippen molar-refractivity contribution in [3.8, 4) is 11.5 Å². The van der Waals surface area contributed by atoms with Crippen molar-refractivity contribution in [1.29, 1.82) is 0 Å². The number of hydrogen-bond acceptors (Lipinski definition) is 4. The fraction of sp³-hybridized carbons (Fsp3) is 0.684. The molecule has 0 atom stereocenters. The Balaban J connectivity index is 2.26. The van der Waals surface area contributed by atoms with Gasteiger partial charge in [-0.15, -0.1) is 0 Å². The highest BCUT2D eigenvalue weighted by atomic mass is 32.2. The Morgan fingerprint density at radius 3 is 2.36 bits per heavy atom. The van der Waals surface area contributed by atoms with Gasteiger partial charge in [-0.1, -0.05) is 38.7 Å². The van der Waals surface area contributed by atoms with Crippen LogP contribution < -0.4 is 14.2 Å². The van der Waals surface area contributed by atoms with Crippen molar-refractivity contribution >= 4 is 10.0 Å². The normalized spacial score (nSPS) is 17.2. The van der Waals surface area contributed by atoms with E-state index in [-0.39, 0.29) is 11.2 Å². The first-order chi connectivity index (χ1) is 12.0. The molecule has 1 aliphatic rings. The summed E-state index contributed by atoms with van der Waals surface area (Å²) in [5.74, 6) is 1.59. The molecular weight excluding hydrogens is 338 g/mol. The zero-order valence-corrected chi connectivity index (χ0v) is 16.5. The van der Waals surface area contributed by atoms with Crippen molar-refractivity contribution in [1.82, 2.24) is 4.72 Å². The fourth-order valence-electron chi connectivity index (χ4n) is 3.62. The van der Waals surface area contributed by atoms with Crippen LogP contribution in [0.4, 0.5) is 0 Å². The lowest BCUT2D eigenvalue weighted by Crippen LogP contribution is -2.42. The maximum absolute atomic E-state index is 12.3. The summed E-state index contributed by atoms with van der Waals surface area (Å²) in [5.41, 5.74) is 0.958. The molecule has 1 fully saturated rings. The topological polar surface area (TPSA) is 64.6 Å². The number of hydrogen-bond donors (Lipinski definition) is 1. The van der Waals surface area contributed by atoms with Gasteiger partial charge in [0.05, 0.1) is 20.0 Å². The molecule has 1 aromatic rings. The van der Waals surface area contributed by atoms with Crippen LogP contribution in [0.25, 0.3) is 0 Å². The van der Waals surface area contributed by atoms with Crippen molar-refractivity contribution < 1.29 is 17.9 Å². The smallest absolute Gasteiger partial charge is 0.211 e. The molecule has 0 amide bonds. The first-order valence-electron chi connectivity index (χ1n) is 9.16. The lowest BCUT2D eigenvalue weighted by Gasteiger charge is -2.38. The molecule has 1 saturated carbocycles. The second kappa shape index (κ2) is 8.90. The van der Waals surface area contributed by atoms with Crippen molar-refractivity contribution in [2.75, 3.05) is 26.5 Å². The van der Waals surface area contributed by atoms with Crippen LogP contribution in [0.2, 0.25) is 0 Å². The van der Waals surface area contributed by atoms with Crippen molar-refractivity contribution in [3.63, 3.8) is 0 Å². The molecule has 25 heavy (non-hydrogen) atoms. The number of nitrogens with one attached hydrogen (secondary N) is 1. The van der Waals surface area contributed by atoms with Gasteiger partial charge in [0, 0.05) is 12.0 Å².